The van der Waals surface area contributed by atoms with E-state index >= 15 is 0 Å². The summed E-state index contributed by atoms with van der Waals surface area (Å²) in [6, 6.07) is 20.3. The number of nitrogens with zero attached hydrogens (tertiary/aromatic N) is 3. The largest absolute Gasteiger partial charge is 0.417 e. The lowest BCUT2D eigenvalue weighted by molar-refractivity contribution is -0.127. The SMILES string of the molecule is C[C@H](NC(=O)C1CCCC[C@@H]1c1ccc(CN(C(=O)Oc2ccncn2)C2CC2)cc1)c1ccccc1. The van der Waals surface area contributed by atoms with E-state index in [1.165, 1.54) is 11.9 Å². The fourth-order valence-corrected chi connectivity index (χ4v) is 5.27. The summed E-state index contributed by atoms with van der Waals surface area (Å²) in [7, 11) is 0. The molecule has 2 saturated carbocycles. The number of amides is 2. The number of ether oxygens (including phenoxy) is 1. The highest BCUT2D eigenvalue weighted by atomic mass is 16.6. The first kappa shape index (κ1) is 24.9. The second kappa shape index (κ2) is 11.5. The maximum atomic E-state index is 13.3. The highest BCUT2D eigenvalue weighted by molar-refractivity contribution is 5.80. The third-order valence-electron chi connectivity index (χ3n) is 7.49. The molecule has 3 atom stereocenters. The van der Waals surface area contributed by atoms with E-state index in [4.69, 9.17) is 4.74 Å². The van der Waals surface area contributed by atoms with Crippen LogP contribution in [-0.4, -0.2) is 32.9 Å². The summed E-state index contributed by atoms with van der Waals surface area (Å²) in [5.74, 6) is 0.561. The molecular formula is C30H34N4O3. The first-order chi connectivity index (χ1) is 18.1. The van der Waals surface area contributed by atoms with Crippen LogP contribution >= 0.6 is 0 Å². The van der Waals surface area contributed by atoms with Crippen LogP contribution in [0, 0.1) is 5.92 Å². The number of hydrogen-bond donors (Lipinski definition) is 1. The summed E-state index contributed by atoms with van der Waals surface area (Å²) in [5.41, 5.74) is 3.35. The van der Waals surface area contributed by atoms with Gasteiger partial charge in [0.2, 0.25) is 11.8 Å². The fraction of sp³-hybridized carbons (Fsp3) is 0.400. The van der Waals surface area contributed by atoms with Gasteiger partial charge in [-0.3, -0.25) is 4.79 Å². The highest BCUT2D eigenvalue weighted by Gasteiger charge is 2.35. The Morgan fingerprint density at radius 2 is 1.76 bits per heavy atom. The van der Waals surface area contributed by atoms with E-state index in [0.717, 1.165) is 49.7 Å². The van der Waals surface area contributed by atoms with Crippen LogP contribution in [0.25, 0.3) is 0 Å². The average Bonchev–Trinajstić information content (AvgIpc) is 3.78. The van der Waals surface area contributed by atoms with E-state index < -0.39 is 0 Å². The lowest BCUT2D eigenvalue weighted by Crippen LogP contribution is -2.37. The number of carbonyl (C=O) groups is 2. The van der Waals surface area contributed by atoms with Crippen LogP contribution in [0.1, 0.15) is 74.1 Å². The Bertz CT molecular complexity index is 1180. The van der Waals surface area contributed by atoms with Crippen molar-refractivity contribution in [3.8, 4) is 5.88 Å². The second-order valence-corrected chi connectivity index (χ2v) is 10.2. The van der Waals surface area contributed by atoms with Crippen LogP contribution in [0.5, 0.6) is 5.88 Å². The maximum Gasteiger partial charge on any atom is 0.417 e. The van der Waals surface area contributed by atoms with Gasteiger partial charge < -0.3 is 15.0 Å². The fourth-order valence-electron chi connectivity index (χ4n) is 5.27. The van der Waals surface area contributed by atoms with Gasteiger partial charge in [-0.2, -0.15) is 0 Å². The second-order valence-electron chi connectivity index (χ2n) is 10.2. The molecule has 5 rings (SSSR count). The Morgan fingerprint density at radius 1 is 1.00 bits per heavy atom. The Hall–Kier alpha value is -3.74. The molecule has 37 heavy (non-hydrogen) atoms. The number of rotatable bonds is 8. The summed E-state index contributed by atoms with van der Waals surface area (Å²) in [6.45, 7) is 2.53. The van der Waals surface area contributed by atoms with Gasteiger partial charge in [0, 0.05) is 30.8 Å². The number of aromatic nitrogens is 2. The molecule has 1 unspecified atom stereocenters. The summed E-state index contributed by atoms with van der Waals surface area (Å²) in [5, 5.41) is 3.25. The topological polar surface area (TPSA) is 84.4 Å². The standard InChI is InChI=1S/C30H34N4O3/c1-21(23-7-3-2-4-8-23)33-29(35)27-10-6-5-9-26(27)24-13-11-22(12-14-24)19-34(25-15-16-25)30(36)37-28-17-18-31-20-32-28/h2-4,7-8,11-14,17-18,20-21,25-27H,5-6,9-10,15-16,19H2,1H3,(H,33,35)/t21-,26+,27?/m0/s1. The van der Waals surface area contributed by atoms with Crippen molar-refractivity contribution in [3.63, 3.8) is 0 Å². The van der Waals surface area contributed by atoms with Crippen LogP contribution < -0.4 is 10.1 Å². The maximum absolute atomic E-state index is 13.3. The molecule has 192 valence electrons. The van der Waals surface area contributed by atoms with Gasteiger partial charge in [-0.25, -0.2) is 14.8 Å². The van der Waals surface area contributed by atoms with Gasteiger partial charge in [0.05, 0.1) is 6.04 Å². The first-order valence-corrected chi connectivity index (χ1v) is 13.3. The number of nitrogens with one attached hydrogen (secondary N) is 1. The van der Waals surface area contributed by atoms with Gasteiger partial charge in [0.15, 0.2) is 0 Å². The molecule has 2 aliphatic rings. The molecule has 2 amide bonds. The lowest BCUT2D eigenvalue weighted by Gasteiger charge is -2.32. The van der Waals surface area contributed by atoms with Crippen molar-refractivity contribution < 1.29 is 14.3 Å². The number of benzene rings is 2. The van der Waals surface area contributed by atoms with Gasteiger partial charge in [0.25, 0.3) is 0 Å². The Balaban J connectivity index is 1.24. The lowest BCUT2D eigenvalue weighted by atomic mass is 9.74. The third kappa shape index (κ3) is 6.34. The van der Waals surface area contributed by atoms with Gasteiger partial charge in [-0.1, -0.05) is 67.4 Å². The molecule has 7 nitrogen and oxygen atoms in total. The van der Waals surface area contributed by atoms with Crippen LogP contribution in [0.4, 0.5) is 4.79 Å². The van der Waals surface area contributed by atoms with E-state index in [0.29, 0.717) is 6.54 Å². The van der Waals surface area contributed by atoms with Crippen molar-refractivity contribution in [3.05, 3.63) is 89.9 Å². The third-order valence-corrected chi connectivity index (χ3v) is 7.49. The van der Waals surface area contributed by atoms with Crippen molar-refractivity contribution in [2.24, 2.45) is 5.92 Å². The molecule has 0 bridgehead atoms. The summed E-state index contributed by atoms with van der Waals surface area (Å²) >= 11 is 0. The van der Waals surface area contributed by atoms with Crippen LogP contribution in [0.3, 0.4) is 0 Å². The molecule has 1 N–H and O–H groups in total. The van der Waals surface area contributed by atoms with E-state index in [9.17, 15) is 9.59 Å². The average molecular weight is 499 g/mol. The van der Waals surface area contributed by atoms with Crippen LogP contribution in [-0.2, 0) is 11.3 Å². The molecule has 1 heterocycles. The molecule has 2 aliphatic carbocycles. The minimum absolute atomic E-state index is 0.0193. The predicted octanol–water partition coefficient (Wildman–Crippen LogP) is 5.79. The highest BCUT2D eigenvalue weighted by Crippen LogP contribution is 2.38. The summed E-state index contributed by atoms with van der Waals surface area (Å²) in [4.78, 5) is 35.8. The molecule has 0 spiro atoms. The molecular weight excluding hydrogens is 464 g/mol. The molecule has 0 saturated heterocycles. The normalized spacial score (nSPS) is 20.0. The quantitative estimate of drug-likeness (QED) is 0.425. The summed E-state index contributed by atoms with van der Waals surface area (Å²) in [6.07, 6.45) is 8.63. The van der Waals surface area contributed by atoms with E-state index in [2.05, 4.69) is 51.7 Å². The zero-order chi connectivity index (χ0) is 25.6. The minimum Gasteiger partial charge on any atom is -0.391 e. The Labute approximate surface area is 218 Å². The van der Waals surface area contributed by atoms with E-state index in [-0.39, 0.29) is 41.8 Å². The van der Waals surface area contributed by atoms with Crippen molar-refractivity contribution in [2.45, 2.75) is 70.0 Å². The number of carbonyl (C=O) groups excluding carboxylic acids is 2. The molecule has 3 aromatic rings. The Morgan fingerprint density at radius 3 is 2.46 bits per heavy atom. The van der Waals surface area contributed by atoms with Crippen molar-refractivity contribution in [1.29, 1.82) is 0 Å². The number of hydrogen-bond acceptors (Lipinski definition) is 5. The van der Waals surface area contributed by atoms with Crippen molar-refractivity contribution in [1.82, 2.24) is 20.2 Å². The van der Waals surface area contributed by atoms with Gasteiger partial charge in [-0.15, -0.1) is 0 Å². The smallest absolute Gasteiger partial charge is 0.391 e. The summed E-state index contributed by atoms with van der Waals surface area (Å²) < 4.78 is 5.46. The molecule has 2 aromatic carbocycles. The molecule has 0 aliphatic heterocycles. The van der Waals surface area contributed by atoms with E-state index in [1.54, 1.807) is 17.2 Å². The predicted molar refractivity (Wildman–Crippen MR) is 141 cm³/mol. The Kier molecular flexibility index (Phi) is 7.78. The van der Waals surface area contributed by atoms with Gasteiger partial charge in [0.1, 0.15) is 6.33 Å². The van der Waals surface area contributed by atoms with Crippen LogP contribution in [0.2, 0.25) is 0 Å². The van der Waals surface area contributed by atoms with Gasteiger partial charge >= 0.3 is 6.09 Å². The zero-order valence-corrected chi connectivity index (χ0v) is 21.3. The monoisotopic (exact) mass is 498 g/mol. The minimum atomic E-state index is -0.387. The van der Waals surface area contributed by atoms with Gasteiger partial charge in [-0.05, 0) is 55.2 Å². The first-order valence-electron chi connectivity index (χ1n) is 13.3. The molecule has 2 fully saturated rings. The molecule has 7 heteroatoms. The van der Waals surface area contributed by atoms with Crippen LogP contribution in [0.15, 0.2) is 73.2 Å². The molecule has 1 aromatic heterocycles. The van der Waals surface area contributed by atoms with E-state index in [1.807, 2.05) is 25.1 Å². The molecule has 0 radical (unpaired) electrons. The zero-order valence-electron chi connectivity index (χ0n) is 21.3. The van der Waals surface area contributed by atoms with Crippen molar-refractivity contribution >= 4 is 12.0 Å². The van der Waals surface area contributed by atoms with Crippen molar-refractivity contribution in [2.75, 3.05) is 0 Å².